The lowest BCUT2D eigenvalue weighted by atomic mass is 10.0. The molecule has 1 aliphatic rings. The SMILES string of the molecule is COc1ccc(C(CNC(=O)c2cnc3cc(C)ccn3c2=O)N2CCCC2)cc1. The molecule has 2 aromatic heterocycles. The quantitative estimate of drug-likeness (QED) is 0.681. The molecule has 1 fully saturated rings. The van der Waals surface area contributed by atoms with E-state index < -0.39 is 5.91 Å². The predicted octanol–water partition coefficient (Wildman–Crippen LogP) is 2.58. The van der Waals surface area contributed by atoms with Crippen molar-refractivity contribution in [1.29, 1.82) is 0 Å². The Morgan fingerprint density at radius 3 is 2.63 bits per heavy atom. The van der Waals surface area contributed by atoms with Crippen LogP contribution in [-0.4, -0.2) is 46.9 Å². The van der Waals surface area contributed by atoms with Crippen molar-refractivity contribution in [3.63, 3.8) is 0 Å². The van der Waals surface area contributed by atoms with Gasteiger partial charge in [0.15, 0.2) is 0 Å². The van der Waals surface area contributed by atoms with Crippen LogP contribution in [0.2, 0.25) is 0 Å². The van der Waals surface area contributed by atoms with Crippen LogP contribution >= 0.6 is 0 Å². The zero-order valence-corrected chi connectivity index (χ0v) is 17.3. The minimum atomic E-state index is -0.403. The van der Waals surface area contributed by atoms with E-state index in [9.17, 15) is 9.59 Å². The summed E-state index contributed by atoms with van der Waals surface area (Å²) in [5.74, 6) is 0.397. The van der Waals surface area contributed by atoms with Gasteiger partial charge < -0.3 is 10.1 Å². The first-order chi connectivity index (χ1) is 14.6. The van der Waals surface area contributed by atoms with Crippen molar-refractivity contribution in [2.24, 2.45) is 0 Å². The lowest BCUT2D eigenvalue weighted by Gasteiger charge is -2.28. The molecule has 1 saturated heterocycles. The predicted molar refractivity (Wildman–Crippen MR) is 115 cm³/mol. The fourth-order valence-electron chi connectivity index (χ4n) is 3.95. The minimum absolute atomic E-state index is 0.0428. The van der Waals surface area contributed by atoms with Crippen LogP contribution in [0.3, 0.4) is 0 Å². The summed E-state index contributed by atoms with van der Waals surface area (Å²) in [6, 6.07) is 11.6. The number of nitrogens with zero attached hydrogens (tertiary/aromatic N) is 3. The highest BCUT2D eigenvalue weighted by molar-refractivity contribution is 5.93. The first-order valence-corrected chi connectivity index (χ1v) is 10.2. The van der Waals surface area contributed by atoms with E-state index in [4.69, 9.17) is 4.74 Å². The number of carbonyl (C=O) groups excluding carboxylic acids is 1. The number of pyridine rings is 1. The van der Waals surface area contributed by atoms with Crippen LogP contribution in [0.25, 0.3) is 5.65 Å². The van der Waals surface area contributed by atoms with Crippen molar-refractivity contribution in [1.82, 2.24) is 19.6 Å². The van der Waals surface area contributed by atoms with Gasteiger partial charge >= 0.3 is 0 Å². The van der Waals surface area contributed by atoms with Gasteiger partial charge in [-0.05, 0) is 68.2 Å². The van der Waals surface area contributed by atoms with Crippen molar-refractivity contribution in [2.45, 2.75) is 25.8 Å². The van der Waals surface area contributed by atoms with Gasteiger partial charge in [0, 0.05) is 18.9 Å². The number of nitrogens with one attached hydrogen (secondary N) is 1. The van der Waals surface area contributed by atoms with Crippen LogP contribution in [-0.2, 0) is 0 Å². The van der Waals surface area contributed by atoms with Crippen molar-refractivity contribution < 1.29 is 9.53 Å². The van der Waals surface area contributed by atoms with Crippen molar-refractivity contribution in [2.75, 3.05) is 26.7 Å². The van der Waals surface area contributed by atoms with Crippen LogP contribution in [0.5, 0.6) is 5.75 Å². The fourth-order valence-corrected chi connectivity index (χ4v) is 3.95. The maximum atomic E-state index is 12.8. The number of fused-ring (bicyclic) bond motifs is 1. The van der Waals surface area contributed by atoms with E-state index in [0.29, 0.717) is 12.2 Å². The average Bonchev–Trinajstić information content (AvgIpc) is 3.29. The van der Waals surface area contributed by atoms with Crippen molar-refractivity contribution in [3.05, 3.63) is 75.8 Å². The summed E-state index contributed by atoms with van der Waals surface area (Å²) in [4.78, 5) is 32.2. The minimum Gasteiger partial charge on any atom is -0.497 e. The lowest BCUT2D eigenvalue weighted by molar-refractivity contribution is 0.0936. The number of aryl methyl sites for hydroxylation is 1. The number of hydrogen-bond acceptors (Lipinski definition) is 5. The number of hydrogen-bond donors (Lipinski definition) is 1. The van der Waals surface area contributed by atoms with Crippen LogP contribution < -0.4 is 15.6 Å². The smallest absolute Gasteiger partial charge is 0.270 e. The van der Waals surface area contributed by atoms with Gasteiger partial charge in [-0.25, -0.2) is 4.98 Å². The molecule has 3 aromatic rings. The highest BCUT2D eigenvalue weighted by Gasteiger charge is 2.25. The van der Waals surface area contributed by atoms with Crippen LogP contribution in [0.15, 0.2) is 53.6 Å². The first-order valence-electron chi connectivity index (χ1n) is 10.2. The van der Waals surface area contributed by atoms with Gasteiger partial charge in [0.25, 0.3) is 11.5 Å². The number of likely N-dealkylation sites (tertiary alicyclic amines) is 1. The van der Waals surface area contributed by atoms with Gasteiger partial charge in [-0.1, -0.05) is 12.1 Å². The Bertz CT molecular complexity index is 1100. The number of carbonyl (C=O) groups is 1. The monoisotopic (exact) mass is 406 g/mol. The number of rotatable bonds is 6. The molecule has 3 heterocycles. The van der Waals surface area contributed by atoms with Gasteiger partial charge in [-0.3, -0.25) is 18.9 Å². The van der Waals surface area contributed by atoms with E-state index in [1.54, 1.807) is 13.3 Å². The summed E-state index contributed by atoms with van der Waals surface area (Å²) in [6.45, 7) is 4.34. The molecule has 1 unspecified atom stereocenters. The maximum Gasteiger partial charge on any atom is 0.270 e. The van der Waals surface area contributed by atoms with E-state index in [-0.39, 0.29) is 17.2 Å². The molecule has 4 rings (SSSR count). The Morgan fingerprint density at radius 1 is 1.20 bits per heavy atom. The summed E-state index contributed by atoms with van der Waals surface area (Å²) in [6.07, 6.45) is 5.32. The maximum absolute atomic E-state index is 12.8. The van der Waals surface area contributed by atoms with Crippen molar-refractivity contribution >= 4 is 11.6 Å². The van der Waals surface area contributed by atoms with Crippen LogP contribution in [0.4, 0.5) is 0 Å². The van der Waals surface area contributed by atoms with Gasteiger partial charge in [0.05, 0.1) is 13.2 Å². The molecule has 7 nitrogen and oxygen atoms in total. The number of ether oxygens (including phenoxy) is 1. The second-order valence-electron chi connectivity index (χ2n) is 7.65. The molecule has 0 bridgehead atoms. The number of amides is 1. The molecule has 1 aliphatic heterocycles. The molecule has 1 amide bonds. The third kappa shape index (κ3) is 4.07. The topological polar surface area (TPSA) is 75.9 Å². The molecule has 0 radical (unpaired) electrons. The van der Waals surface area contributed by atoms with E-state index >= 15 is 0 Å². The molecule has 0 aliphatic carbocycles. The molecular formula is C23H26N4O3. The Hall–Kier alpha value is -3.19. The molecule has 0 spiro atoms. The van der Waals surface area contributed by atoms with Gasteiger partial charge in [-0.2, -0.15) is 0 Å². The highest BCUT2D eigenvalue weighted by Crippen LogP contribution is 2.26. The largest absolute Gasteiger partial charge is 0.497 e. The third-order valence-corrected chi connectivity index (χ3v) is 5.65. The molecule has 1 aromatic carbocycles. The van der Waals surface area contributed by atoms with Crippen LogP contribution in [0, 0.1) is 6.92 Å². The van der Waals surface area contributed by atoms with Crippen LogP contribution in [0.1, 0.15) is 40.4 Å². The number of benzene rings is 1. The van der Waals surface area contributed by atoms with E-state index in [1.165, 1.54) is 10.6 Å². The summed E-state index contributed by atoms with van der Waals surface area (Å²) < 4.78 is 6.66. The summed E-state index contributed by atoms with van der Waals surface area (Å²) in [7, 11) is 1.64. The van der Waals surface area contributed by atoms with Gasteiger partial charge in [0.1, 0.15) is 17.0 Å². The number of methoxy groups -OCH3 is 1. The number of aromatic nitrogens is 2. The molecule has 156 valence electrons. The second kappa shape index (κ2) is 8.67. The van der Waals surface area contributed by atoms with E-state index in [1.807, 2.05) is 43.3 Å². The normalized spacial score (nSPS) is 15.3. The third-order valence-electron chi connectivity index (χ3n) is 5.65. The highest BCUT2D eigenvalue weighted by atomic mass is 16.5. The Balaban J connectivity index is 1.55. The molecule has 0 saturated carbocycles. The summed E-state index contributed by atoms with van der Waals surface area (Å²) >= 11 is 0. The molecule has 1 N–H and O–H groups in total. The fraction of sp³-hybridized carbons (Fsp3) is 0.348. The zero-order chi connectivity index (χ0) is 21.1. The second-order valence-corrected chi connectivity index (χ2v) is 7.65. The van der Waals surface area contributed by atoms with E-state index in [0.717, 1.165) is 42.8 Å². The Morgan fingerprint density at radius 2 is 1.93 bits per heavy atom. The van der Waals surface area contributed by atoms with Crippen molar-refractivity contribution in [3.8, 4) is 5.75 Å². The van der Waals surface area contributed by atoms with Gasteiger partial charge in [-0.15, -0.1) is 0 Å². The summed E-state index contributed by atoms with van der Waals surface area (Å²) in [5.41, 5.74) is 2.34. The van der Waals surface area contributed by atoms with E-state index in [2.05, 4.69) is 15.2 Å². The Labute approximate surface area is 175 Å². The Kier molecular flexibility index (Phi) is 5.81. The molecular weight excluding hydrogens is 380 g/mol. The molecule has 30 heavy (non-hydrogen) atoms. The average molecular weight is 406 g/mol. The molecule has 7 heteroatoms. The lowest BCUT2D eigenvalue weighted by Crippen LogP contribution is -2.38. The summed E-state index contributed by atoms with van der Waals surface area (Å²) in [5, 5.41) is 2.95. The first kappa shape index (κ1) is 20.1. The molecule has 1 atom stereocenters. The zero-order valence-electron chi connectivity index (χ0n) is 17.3. The standard InChI is InChI=1S/C23H26N4O3/c1-16-9-12-27-21(13-16)24-14-19(23(27)29)22(28)25-15-20(26-10-3-4-11-26)17-5-7-18(30-2)8-6-17/h5-9,12-14,20H,3-4,10-11,15H2,1-2H3,(H,25,28). The van der Waals surface area contributed by atoms with Gasteiger partial charge in [0.2, 0.25) is 0 Å².